The molecule has 2 rings (SSSR count). The van der Waals surface area contributed by atoms with Crippen molar-refractivity contribution in [2.45, 2.75) is 33.4 Å². The molecule has 0 aliphatic heterocycles. The predicted octanol–water partition coefficient (Wildman–Crippen LogP) is 3.65. The van der Waals surface area contributed by atoms with Crippen LogP contribution in [0.5, 0.6) is 0 Å². The van der Waals surface area contributed by atoms with E-state index in [0.717, 1.165) is 6.54 Å². The molecule has 0 bridgehead atoms. The lowest BCUT2D eigenvalue weighted by Crippen LogP contribution is -2.21. The Hall–Kier alpha value is -1.34. The van der Waals surface area contributed by atoms with Gasteiger partial charge in [-0.3, -0.25) is 0 Å². The van der Waals surface area contributed by atoms with Crippen molar-refractivity contribution in [2.75, 3.05) is 0 Å². The van der Waals surface area contributed by atoms with Crippen LogP contribution >= 0.6 is 0 Å². The summed E-state index contributed by atoms with van der Waals surface area (Å²) < 4.78 is 0. The van der Waals surface area contributed by atoms with Crippen LogP contribution in [-0.2, 0) is 6.54 Å². The first-order valence-electron chi connectivity index (χ1n) is 5.88. The average Bonchev–Trinajstić information content (AvgIpc) is 2.26. The Bertz CT molecular complexity index is 486. The van der Waals surface area contributed by atoms with E-state index in [1.54, 1.807) is 0 Å². The van der Waals surface area contributed by atoms with Crippen molar-refractivity contribution in [3.05, 3.63) is 47.5 Å². The highest BCUT2D eigenvalue weighted by Gasteiger charge is 2.01. The van der Waals surface area contributed by atoms with Crippen LogP contribution in [0.2, 0.25) is 0 Å². The Morgan fingerprint density at radius 1 is 1.12 bits per heavy atom. The van der Waals surface area contributed by atoms with Crippen LogP contribution in [-0.4, -0.2) is 6.04 Å². The number of hydrogen-bond acceptors (Lipinski definition) is 1. The lowest BCUT2D eigenvalue weighted by atomic mass is 10.0. The molecule has 0 saturated heterocycles. The number of rotatable bonds is 3. The van der Waals surface area contributed by atoms with Gasteiger partial charge in [0.05, 0.1) is 0 Å². The second kappa shape index (κ2) is 4.67. The molecule has 0 spiro atoms. The number of benzene rings is 2. The van der Waals surface area contributed by atoms with Crippen molar-refractivity contribution >= 4 is 10.8 Å². The minimum atomic E-state index is 0.534. The molecule has 0 radical (unpaired) electrons. The van der Waals surface area contributed by atoms with Crippen LogP contribution in [0, 0.1) is 6.92 Å². The third-order valence-corrected chi connectivity index (χ3v) is 2.84. The first kappa shape index (κ1) is 11.2. The standard InChI is InChI=1S/C15H19N/c1-11(2)16-10-13-8-12(3)15-7-5-4-6-14(15)9-13/h4-9,11,16H,10H2,1-3H3. The van der Waals surface area contributed by atoms with E-state index < -0.39 is 0 Å². The summed E-state index contributed by atoms with van der Waals surface area (Å²) in [6.45, 7) is 7.48. The summed E-state index contributed by atoms with van der Waals surface area (Å²) in [7, 11) is 0. The topological polar surface area (TPSA) is 12.0 Å². The zero-order valence-corrected chi connectivity index (χ0v) is 10.2. The lowest BCUT2D eigenvalue weighted by Gasteiger charge is -2.10. The highest BCUT2D eigenvalue weighted by molar-refractivity contribution is 5.86. The molecule has 0 saturated carbocycles. The van der Waals surface area contributed by atoms with Crippen LogP contribution in [0.25, 0.3) is 10.8 Å². The van der Waals surface area contributed by atoms with Gasteiger partial charge in [0.15, 0.2) is 0 Å². The Morgan fingerprint density at radius 2 is 1.88 bits per heavy atom. The molecule has 0 fully saturated rings. The molecule has 1 heteroatoms. The summed E-state index contributed by atoms with van der Waals surface area (Å²) in [5.74, 6) is 0. The molecule has 0 unspecified atom stereocenters. The maximum atomic E-state index is 3.45. The van der Waals surface area contributed by atoms with Crippen LogP contribution in [0.15, 0.2) is 36.4 Å². The molecular weight excluding hydrogens is 194 g/mol. The first-order valence-corrected chi connectivity index (χ1v) is 5.88. The van der Waals surface area contributed by atoms with Crippen LogP contribution in [0.3, 0.4) is 0 Å². The maximum absolute atomic E-state index is 3.45. The Balaban J connectivity index is 2.34. The molecule has 0 aromatic heterocycles. The molecular formula is C15H19N. The maximum Gasteiger partial charge on any atom is 0.0208 e. The minimum Gasteiger partial charge on any atom is -0.310 e. The van der Waals surface area contributed by atoms with E-state index in [1.807, 2.05) is 0 Å². The second-order valence-corrected chi connectivity index (χ2v) is 4.67. The monoisotopic (exact) mass is 213 g/mol. The summed E-state index contributed by atoms with van der Waals surface area (Å²) >= 11 is 0. The van der Waals surface area contributed by atoms with Gasteiger partial charge in [0, 0.05) is 12.6 Å². The fourth-order valence-electron chi connectivity index (χ4n) is 2.00. The molecule has 16 heavy (non-hydrogen) atoms. The van der Waals surface area contributed by atoms with Crippen LogP contribution in [0.4, 0.5) is 0 Å². The van der Waals surface area contributed by atoms with E-state index in [4.69, 9.17) is 0 Å². The van der Waals surface area contributed by atoms with Crippen molar-refractivity contribution in [3.63, 3.8) is 0 Å². The fraction of sp³-hybridized carbons (Fsp3) is 0.333. The molecule has 2 aromatic rings. The van der Waals surface area contributed by atoms with Gasteiger partial charge in [-0.05, 0) is 34.9 Å². The molecule has 2 aromatic carbocycles. The summed E-state index contributed by atoms with van der Waals surface area (Å²) in [6.07, 6.45) is 0. The van der Waals surface area contributed by atoms with Gasteiger partial charge in [-0.25, -0.2) is 0 Å². The fourth-order valence-corrected chi connectivity index (χ4v) is 2.00. The van der Waals surface area contributed by atoms with E-state index in [2.05, 4.69) is 62.5 Å². The largest absolute Gasteiger partial charge is 0.310 e. The zero-order valence-electron chi connectivity index (χ0n) is 10.2. The van der Waals surface area contributed by atoms with Gasteiger partial charge < -0.3 is 5.32 Å². The van der Waals surface area contributed by atoms with Crippen LogP contribution < -0.4 is 5.32 Å². The highest BCUT2D eigenvalue weighted by atomic mass is 14.9. The number of hydrogen-bond donors (Lipinski definition) is 1. The van der Waals surface area contributed by atoms with E-state index in [9.17, 15) is 0 Å². The number of fused-ring (bicyclic) bond motifs is 1. The zero-order chi connectivity index (χ0) is 11.5. The van der Waals surface area contributed by atoms with Gasteiger partial charge in [-0.1, -0.05) is 44.2 Å². The van der Waals surface area contributed by atoms with Crippen molar-refractivity contribution in [1.29, 1.82) is 0 Å². The van der Waals surface area contributed by atoms with Crippen molar-refractivity contribution < 1.29 is 0 Å². The normalized spacial score (nSPS) is 11.2. The Kier molecular flexibility index (Phi) is 3.25. The molecule has 0 heterocycles. The SMILES string of the molecule is Cc1cc(CNC(C)C)cc2ccccc12. The smallest absolute Gasteiger partial charge is 0.0208 e. The van der Waals surface area contributed by atoms with Crippen LogP contribution in [0.1, 0.15) is 25.0 Å². The quantitative estimate of drug-likeness (QED) is 0.820. The molecule has 0 aliphatic carbocycles. The van der Waals surface area contributed by atoms with Crippen molar-refractivity contribution in [1.82, 2.24) is 5.32 Å². The molecule has 1 N–H and O–H groups in total. The molecule has 1 nitrogen and oxygen atoms in total. The first-order chi connectivity index (χ1) is 7.66. The average molecular weight is 213 g/mol. The summed E-state index contributed by atoms with van der Waals surface area (Å²) in [4.78, 5) is 0. The molecule has 0 amide bonds. The minimum absolute atomic E-state index is 0.534. The second-order valence-electron chi connectivity index (χ2n) is 4.67. The van der Waals surface area contributed by atoms with E-state index in [1.165, 1.54) is 21.9 Å². The summed E-state index contributed by atoms with van der Waals surface area (Å²) in [5, 5.41) is 6.15. The van der Waals surface area contributed by atoms with E-state index in [-0.39, 0.29) is 0 Å². The lowest BCUT2D eigenvalue weighted by molar-refractivity contribution is 0.589. The van der Waals surface area contributed by atoms with Gasteiger partial charge in [0.25, 0.3) is 0 Å². The third-order valence-electron chi connectivity index (χ3n) is 2.84. The van der Waals surface area contributed by atoms with E-state index in [0.29, 0.717) is 6.04 Å². The van der Waals surface area contributed by atoms with Gasteiger partial charge in [-0.15, -0.1) is 0 Å². The van der Waals surface area contributed by atoms with Gasteiger partial charge in [-0.2, -0.15) is 0 Å². The summed E-state index contributed by atoms with van der Waals surface area (Å²) in [5.41, 5.74) is 2.73. The number of aryl methyl sites for hydroxylation is 1. The van der Waals surface area contributed by atoms with Crippen molar-refractivity contribution in [2.24, 2.45) is 0 Å². The number of nitrogens with one attached hydrogen (secondary N) is 1. The summed E-state index contributed by atoms with van der Waals surface area (Å²) in [6, 6.07) is 13.6. The molecule has 0 atom stereocenters. The van der Waals surface area contributed by atoms with Gasteiger partial charge >= 0.3 is 0 Å². The Morgan fingerprint density at radius 3 is 2.62 bits per heavy atom. The van der Waals surface area contributed by atoms with Gasteiger partial charge in [0.2, 0.25) is 0 Å². The highest BCUT2D eigenvalue weighted by Crippen LogP contribution is 2.20. The molecule has 0 aliphatic rings. The predicted molar refractivity (Wildman–Crippen MR) is 70.7 cm³/mol. The van der Waals surface area contributed by atoms with Gasteiger partial charge in [0.1, 0.15) is 0 Å². The Labute approximate surface area is 97.5 Å². The third kappa shape index (κ3) is 2.42. The van der Waals surface area contributed by atoms with E-state index >= 15 is 0 Å². The molecule has 84 valence electrons. The van der Waals surface area contributed by atoms with Crippen molar-refractivity contribution in [3.8, 4) is 0 Å².